The first-order valence-corrected chi connectivity index (χ1v) is 7.75. The van der Waals surface area contributed by atoms with Gasteiger partial charge < -0.3 is 9.15 Å². The number of carbonyl (C=O) groups excluding carboxylic acids is 1. The molecule has 1 heterocycles. The predicted molar refractivity (Wildman–Crippen MR) is 84.2 cm³/mol. The van der Waals surface area contributed by atoms with E-state index in [1.54, 1.807) is 0 Å². The highest BCUT2D eigenvalue weighted by Crippen LogP contribution is 2.37. The Kier molecular flexibility index (Phi) is 5.25. The van der Waals surface area contributed by atoms with Crippen LogP contribution in [0.1, 0.15) is 16.1 Å². The van der Waals surface area contributed by atoms with Gasteiger partial charge in [0, 0.05) is 4.47 Å². The minimum atomic E-state index is -0.425. The third-order valence-electron chi connectivity index (χ3n) is 2.43. The summed E-state index contributed by atoms with van der Waals surface area (Å²) in [5, 5.41) is 0. The fraction of sp³-hybridized carbons (Fsp3) is 0.0833. The number of hydrogen-bond acceptors (Lipinski definition) is 4. The van der Waals surface area contributed by atoms with Crippen LogP contribution in [0.3, 0.4) is 0 Å². The smallest absolute Gasteiger partial charge is 0.268 e. The average molecular weight is 469 g/mol. The molecule has 0 unspecified atom stereocenters. The predicted octanol–water partition coefficient (Wildman–Crippen LogP) is 3.75. The number of ether oxygens (including phenoxy) is 1. The van der Waals surface area contributed by atoms with Crippen LogP contribution in [0.2, 0.25) is 0 Å². The number of furan rings is 1. The lowest BCUT2D eigenvalue weighted by atomic mass is 10.2. The van der Waals surface area contributed by atoms with Gasteiger partial charge in [-0.1, -0.05) is 15.9 Å². The summed E-state index contributed by atoms with van der Waals surface area (Å²) in [4.78, 5) is 11.5. The van der Waals surface area contributed by atoms with Gasteiger partial charge in [-0.2, -0.15) is 0 Å². The minimum Gasteiger partial charge on any atom is -0.483 e. The van der Waals surface area contributed by atoms with Crippen molar-refractivity contribution in [3.63, 3.8) is 0 Å². The number of hydrogen-bond donors (Lipinski definition) is 2. The number of halogens is 3. The lowest BCUT2D eigenvalue weighted by Gasteiger charge is -2.10. The lowest BCUT2D eigenvalue weighted by molar-refractivity contribution is 0.0949. The van der Waals surface area contributed by atoms with Crippen LogP contribution in [0.4, 0.5) is 0 Å². The molecule has 0 bridgehead atoms. The molecular formula is C12H9Br3N2O3. The van der Waals surface area contributed by atoms with Crippen molar-refractivity contribution in [2.45, 2.75) is 6.61 Å². The van der Waals surface area contributed by atoms with Gasteiger partial charge >= 0.3 is 0 Å². The third kappa shape index (κ3) is 3.43. The summed E-state index contributed by atoms with van der Waals surface area (Å²) < 4.78 is 13.4. The first-order valence-electron chi connectivity index (χ1n) is 5.37. The summed E-state index contributed by atoms with van der Waals surface area (Å²) in [6.07, 6.45) is 1.41. The van der Waals surface area contributed by atoms with Crippen LogP contribution in [0, 0.1) is 0 Å². The van der Waals surface area contributed by atoms with Crippen LogP contribution in [0.25, 0.3) is 0 Å². The van der Waals surface area contributed by atoms with Gasteiger partial charge in [0.05, 0.1) is 20.8 Å². The van der Waals surface area contributed by atoms with Gasteiger partial charge in [0.25, 0.3) is 5.91 Å². The number of nitrogens with one attached hydrogen (secondary N) is 1. The maximum atomic E-state index is 11.5. The van der Waals surface area contributed by atoms with Crippen LogP contribution >= 0.6 is 47.8 Å². The molecule has 20 heavy (non-hydrogen) atoms. The van der Waals surface area contributed by atoms with Gasteiger partial charge in [-0.05, 0) is 50.1 Å². The Labute approximate surface area is 140 Å². The zero-order valence-corrected chi connectivity index (χ0v) is 14.7. The first-order chi connectivity index (χ1) is 9.52. The van der Waals surface area contributed by atoms with Crippen LogP contribution in [0.15, 0.2) is 42.3 Å². The molecule has 1 aromatic carbocycles. The van der Waals surface area contributed by atoms with Crippen LogP contribution in [0.5, 0.6) is 5.75 Å². The maximum absolute atomic E-state index is 11.5. The van der Waals surface area contributed by atoms with E-state index < -0.39 is 5.91 Å². The molecule has 1 aromatic heterocycles. The zero-order valence-electron chi connectivity index (χ0n) is 9.95. The Hall–Kier alpha value is -0.830. The van der Waals surface area contributed by atoms with Gasteiger partial charge in [-0.3, -0.25) is 10.2 Å². The Bertz CT molecular complexity index is 620. The summed E-state index contributed by atoms with van der Waals surface area (Å²) in [6.45, 7) is 0.106. The number of rotatable bonds is 4. The minimum absolute atomic E-state index is 0.106. The first kappa shape index (κ1) is 15.6. The molecule has 1 amide bonds. The van der Waals surface area contributed by atoms with Crippen molar-refractivity contribution in [1.82, 2.24) is 5.43 Å². The number of nitrogens with two attached hydrogens (primary N) is 1. The van der Waals surface area contributed by atoms with Crippen molar-refractivity contribution < 1.29 is 13.9 Å². The molecule has 3 N–H and O–H groups in total. The monoisotopic (exact) mass is 466 g/mol. The van der Waals surface area contributed by atoms with Crippen molar-refractivity contribution in [3.8, 4) is 5.75 Å². The van der Waals surface area contributed by atoms with Gasteiger partial charge in [0.2, 0.25) is 0 Å². The highest BCUT2D eigenvalue weighted by Gasteiger charge is 2.15. The van der Waals surface area contributed by atoms with Crippen molar-refractivity contribution in [2.75, 3.05) is 0 Å². The maximum Gasteiger partial charge on any atom is 0.268 e. The molecule has 0 atom stereocenters. The Balaban J connectivity index is 2.18. The topological polar surface area (TPSA) is 77.5 Å². The molecule has 0 fully saturated rings. The van der Waals surface area contributed by atoms with Crippen molar-refractivity contribution in [1.29, 1.82) is 0 Å². The fourth-order valence-corrected chi connectivity index (χ4v) is 4.02. The number of carbonyl (C=O) groups is 1. The molecular weight excluding hydrogens is 460 g/mol. The van der Waals surface area contributed by atoms with Gasteiger partial charge in [0.1, 0.15) is 12.4 Å². The number of nitrogen functional groups attached to an aromatic ring is 1. The zero-order chi connectivity index (χ0) is 14.7. The summed E-state index contributed by atoms with van der Waals surface area (Å²) in [5.74, 6) is 5.69. The Morgan fingerprint density at radius 2 is 1.95 bits per heavy atom. The molecule has 0 aliphatic carbocycles. The normalized spacial score (nSPS) is 10.4. The number of hydrazine groups is 1. The SMILES string of the molecule is NNC(=O)c1ccoc1COc1c(Br)cc(Br)cc1Br. The number of benzene rings is 1. The second-order valence-electron chi connectivity index (χ2n) is 3.72. The molecule has 8 heteroatoms. The molecule has 0 aliphatic rings. The van der Waals surface area contributed by atoms with E-state index in [9.17, 15) is 4.79 Å². The quantitative estimate of drug-likeness (QED) is 0.407. The van der Waals surface area contributed by atoms with Crippen molar-refractivity contribution >= 4 is 53.7 Å². The van der Waals surface area contributed by atoms with E-state index in [0.717, 1.165) is 13.4 Å². The van der Waals surface area contributed by atoms with Crippen LogP contribution < -0.4 is 16.0 Å². The molecule has 106 valence electrons. The summed E-state index contributed by atoms with van der Waals surface area (Å²) >= 11 is 10.2. The van der Waals surface area contributed by atoms with Gasteiger partial charge in [-0.15, -0.1) is 0 Å². The van der Waals surface area contributed by atoms with Crippen molar-refractivity contribution in [2.24, 2.45) is 5.84 Å². The summed E-state index contributed by atoms with van der Waals surface area (Å²) in [5.41, 5.74) is 2.40. The third-order valence-corrected chi connectivity index (χ3v) is 4.07. The second kappa shape index (κ2) is 6.75. The molecule has 5 nitrogen and oxygen atoms in total. The van der Waals surface area contributed by atoms with Crippen LogP contribution in [-0.2, 0) is 6.61 Å². The van der Waals surface area contributed by atoms with Crippen LogP contribution in [-0.4, -0.2) is 5.91 Å². The van der Waals surface area contributed by atoms with Crippen molar-refractivity contribution in [3.05, 3.63) is 49.2 Å². The van der Waals surface area contributed by atoms with E-state index in [0.29, 0.717) is 17.1 Å². The largest absolute Gasteiger partial charge is 0.483 e. The van der Waals surface area contributed by atoms with E-state index in [-0.39, 0.29) is 6.61 Å². The molecule has 0 radical (unpaired) electrons. The fourth-order valence-electron chi connectivity index (χ4n) is 1.54. The van der Waals surface area contributed by atoms with E-state index in [4.69, 9.17) is 15.0 Å². The summed E-state index contributed by atoms with van der Waals surface area (Å²) in [7, 11) is 0. The molecule has 0 saturated carbocycles. The standard InChI is InChI=1S/C12H9Br3N2O3/c13-6-3-8(14)11(9(15)4-6)20-5-10-7(1-2-19-10)12(18)17-16/h1-4H,5,16H2,(H,17,18). The summed E-state index contributed by atoms with van der Waals surface area (Å²) in [6, 6.07) is 5.25. The highest BCUT2D eigenvalue weighted by atomic mass is 79.9. The average Bonchev–Trinajstić information content (AvgIpc) is 2.85. The number of amides is 1. The Morgan fingerprint density at radius 3 is 2.55 bits per heavy atom. The molecule has 2 aromatic rings. The molecule has 2 rings (SSSR count). The van der Waals surface area contributed by atoms with E-state index in [2.05, 4.69) is 53.2 Å². The van der Waals surface area contributed by atoms with E-state index in [1.165, 1.54) is 12.3 Å². The molecule has 0 spiro atoms. The van der Waals surface area contributed by atoms with Gasteiger partial charge in [-0.25, -0.2) is 5.84 Å². The highest BCUT2D eigenvalue weighted by molar-refractivity contribution is 9.11. The van der Waals surface area contributed by atoms with E-state index >= 15 is 0 Å². The Morgan fingerprint density at radius 1 is 1.30 bits per heavy atom. The molecule has 0 aliphatic heterocycles. The van der Waals surface area contributed by atoms with E-state index in [1.807, 2.05) is 12.1 Å². The second-order valence-corrected chi connectivity index (χ2v) is 6.34. The van der Waals surface area contributed by atoms with Gasteiger partial charge in [0.15, 0.2) is 5.76 Å². The molecule has 0 saturated heterocycles. The lowest BCUT2D eigenvalue weighted by Crippen LogP contribution is -2.30.